The summed E-state index contributed by atoms with van der Waals surface area (Å²) in [5.74, 6) is -0.484. The lowest BCUT2D eigenvalue weighted by Crippen LogP contribution is -2.35. The number of benzene rings is 2. The van der Waals surface area contributed by atoms with Crippen LogP contribution in [0.4, 0.5) is 5.69 Å². The minimum atomic E-state index is -0.638. The van der Waals surface area contributed by atoms with E-state index in [1.165, 1.54) is 7.11 Å². The number of nitrogens with one attached hydrogen (secondary N) is 2. The van der Waals surface area contributed by atoms with E-state index in [2.05, 4.69) is 10.6 Å². The van der Waals surface area contributed by atoms with Crippen LogP contribution in [0.15, 0.2) is 42.5 Å². The molecule has 8 nitrogen and oxygen atoms in total. The van der Waals surface area contributed by atoms with E-state index in [-0.39, 0.29) is 6.54 Å². The molecule has 0 heterocycles. The number of ether oxygens (including phenoxy) is 3. The average molecular weight is 414 g/mol. The van der Waals surface area contributed by atoms with Gasteiger partial charge in [-0.3, -0.25) is 9.59 Å². The largest absolute Gasteiger partial charge is 0.495 e. The second-order valence-corrected chi connectivity index (χ2v) is 6.48. The highest BCUT2D eigenvalue weighted by molar-refractivity contribution is 5.96. The number of methoxy groups -OCH3 is 1. The smallest absolute Gasteiger partial charge is 0.338 e. The van der Waals surface area contributed by atoms with Gasteiger partial charge in [-0.2, -0.15) is 0 Å². The summed E-state index contributed by atoms with van der Waals surface area (Å²) in [6.45, 7) is 3.72. The second-order valence-electron chi connectivity index (χ2n) is 6.48. The highest BCUT2D eigenvalue weighted by Crippen LogP contribution is 2.24. The summed E-state index contributed by atoms with van der Waals surface area (Å²) in [5, 5.41) is 5.07. The van der Waals surface area contributed by atoms with Crippen LogP contribution in [-0.4, -0.2) is 44.7 Å². The Hall–Kier alpha value is -3.55. The van der Waals surface area contributed by atoms with Gasteiger partial charge in [0.25, 0.3) is 5.91 Å². The molecule has 30 heavy (non-hydrogen) atoms. The van der Waals surface area contributed by atoms with E-state index in [1.54, 1.807) is 36.4 Å². The van der Waals surface area contributed by atoms with Crippen LogP contribution in [0.25, 0.3) is 0 Å². The number of carbonyl (C=O) groups is 3. The van der Waals surface area contributed by atoms with Gasteiger partial charge < -0.3 is 24.8 Å². The van der Waals surface area contributed by atoms with Crippen LogP contribution in [0.1, 0.15) is 29.3 Å². The molecule has 2 aromatic carbocycles. The van der Waals surface area contributed by atoms with Crippen molar-refractivity contribution in [3.05, 3.63) is 53.6 Å². The maximum Gasteiger partial charge on any atom is 0.338 e. The van der Waals surface area contributed by atoms with E-state index >= 15 is 0 Å². The topological polar surface area (TPSA) is 103 Å². The van der Waals surface area contributed by atoms with Crippen molar-refractivity contribution < 1.29 is 28.6 Å². The molecule has 0 unspecified atom stereocenters. The Morgan fingerprint density at radius 2 is 1.73 bits per heavy atom. The van der Waals surface area contributed by atoms with Crippen molar-refractivity contribution >= 4 is 23.5 Å². The van der Waals surface area contributed by atoms with E-state index < -0.39 is 24.4 Å². The number of carbonyl (C=O) groups excluding carboxylic acids is 3. The van der Waals surface area contributed by atoms with E-state index in [9.17, 15) is 14.4 Å². The molecular weight excluding hydrogens is 388 g/mol. The molecule has 0 spiro atoms. The van der Waals surface area contributed by atoms with Gasteiger partial charge >= 0.3 is 5.97 Å². The summed E-state index contributed by atoms with van der Waals surface area (Å²) in [5.41, 5.74) is 1.76. The molecule has 160 valence electrons. The molecule has 8 heteroatoms. The molecule has 0 radical (unpaired) electrons. The second kappa shape index (κ2) is 11.5. The normalized spacial score (nSPS) is 10.1. The Morgan fingerprint density at radius 1 is 1.00 bits per heavy atom. The molecule has 2 rings (SSSR count). The van der Waals surface area contributed by atoms with Crippen molar-refractivity contribution in [2.24, 2.45) is 0 Å². The zero-order chi connectivity index (χ0) is 21.9. The standard InChI is InChI=1S/C22H26N2O6/c1-4-11-29-17-8-6-16(7-9-17)22(27)30-14-21(26)23-13-20(25)24-18-12-15(2)5-10-19(18)28-3/h5-10,12H,4,11,13-14H2,1-3H3,(H,23,26)(H,24,25). The summed E-state index contributed by atoms with van der Waals surface area (Å²) >= 11 is 0. The zero-order valence-corrected chi connectivity index (χ0v) is 17.3. The molecule has 0 aliphatic heterocycles. The Morgan fingerprint density at radius 3 is 2.40 bits per heavy atom. The minimum Gasteiger partial charge on any atom is -0.495 e. The van der Waals surface area contributed by atoms with Crippen LogP contribution in [0.2, 0.25) is 0 Å². The molecule has 2 N–H and O–H groups in total. The van der Waals surface area contributed by atoms with Crippen LogP contribution in [-0.2, 0) is 14.3 Å². The summed E-state index contributed by atoms with van der Waals surface area (Å²) < 4.78 is 15.6. The molecule has 0 atom stereocenters. The van der Waals surface area contributed by atoms with Gasteiger partial charge in [0, 0.05) is 0 Å². The summed E-state index contributed by atoms with van der Waals surface area (Å²) in [7, 11) is 1.50. The number of hydrogen-bond acceptors (Lipinski definition) is 6. The zero-order valence-electron chi connectivity index (χ0n) is 17.3. The first-order valence-corrected chi connectivity index (χ1v) is 9.54. The summed E-state index contributed by atoms with van der Waals surface area (Å²) in [6.07, 6.45) is 0.884. The number of aryl methyl sites for hydroxylation is 1. The predicted molar refractivity (Wildman–Crippen MR) is 112 cm³/mol. The van der Waals surface area contributed by atoms with Gasteiger partial charge in [0.15, 0.2) is 6.61 Å². The lowest BCUT2D eigenvalue weighted by molar-refractivity contribution is -0.126. The molecule has 0 saturated heterocycles. The Balaban J connectivity index is 1.76. The highest BCUT2D eigenvalue weighted by atomic mass is 16.5. The monoisotopic (exact) mass is 414 g/mol. The van der Waals surface area contributed by atoms with Gasteiger partial charge in [-0.15, -0.1) is 0 Å². The van der Waals surface area contributed by atoms with Gasteiger partial charge in [0.05, 0.1) is 31.5 Å². The predicted octanol–water partition coefficient (Wildman–Crippen LogP) is 2.70. The lowest BCUT2D eigenvalue weighted by Gasteiger charge is -2.11. The molecule has 0 bridgehead atoms. The van der Waals surface area contributed by atoms with Crippen molar-refractivity contribution in [2.45, 2.75) is 20.3 Å². The maximum atomic E-state index is 12.1. The van der Waals surface area contributed by atoms with Crippen LogP contribution in [0.3, 0.4) is 0 Å². The number of anilines is 1. The average Bonchev–Trinajstić information content (AvgIpc) is 2.75. The third-order valence-corrected chi connectivity index (χ3v) is 3.97. The van der Waals surface area contributed by atoms with Gasteiger partial charge in [-0.25, -0.2) is 4.79 Å². The van der Waals surface area contributed by atoms with E-state index in [0.29, 0.717) is 29.4 Å². The van der Waals surface area contributed by atoms with Gasteiger partial charge in [0.2, 0.25) is 5.91 Å². The molecule has 2 amide bonds. The van der Waals surface area contributed by atoms with E-state index in [4.69, 9.17) is 14.2 Å². The Bertz CT molecular complexity index is 880. The van der Waals surface area contributed by atoms with Crippen LogP contribution < -0.4 is 20.1 Å². The molecule has 2 aromatic rings. The molecule has 0 fully saturated rings. The number of esters is 1. The molecule has 0 saturated carbocycles. The minimum absolute atomic E-state index is 0.267. The third kappa shape index (κ3) is 7.12. The van der Waals surface area contributed by atoms with Gasteiger partial charge in [-0.05, 0) is 55.3 Å². The first kappa shape index (κ1) is 22.7. The molecule has 0 aliphatic rings. The van der Waals surface area contributed by atoms with Crippen LogP contribution >= 0.6 is 0 Å². The van der Waals surface area contributed by atoms with Crippen LogP contribution in [0, 0.1) is 6.92 Å². The SMILES string of the molecule is CCCOc1ccc(C(=O)OCC(=O)NCC(=O)Nc2cc(C)ccc2OC)cc1. The van der Waals surface area contributed by atoms with Crippen molar-refractivity contribution in [3.8, 4) is 11.5 Å². The van der Waals surface area contributed by atoms with E-state index in [0.717, 1.165) is 12.0 Å². The maximum absolute atomic E-state index is 12.1. The lowest BCUT2D eigenvalue weighted by atomic mass is 10.2. The van der Waals surface area contributed by atoms with Gasteiger partial charge in [0.1, 0.15) is 11.5 Å². The number of rotatable bonds is 10. The van der Waals surface area contributed by atoms with Gasteiger partial charge in [-0.1, -0.05) is 13.0 Å². The van der Waals surface area contributed by atoms with Crippen molar-refractivity contribution in [2.75, 3.05) is 32.2 Å². The van der Waals surface area contributed by atoms with Crippen molar-refractivity contribution in [1.29, 1.82) is 0 Å². The summed E-state index contributed by atoms with van der Waals surface area (Å²) in [4.78, 5) is 36.0. The number of amides is 2. The number of hydrogen-bond donors (Lipinski definition) is 2. The molecule has 0 aromatic heterocycles. The fourth-order valence-corrected chi connectivity index (χ4v) is 2.47. The van der Waals surface area contributed by atoms with E-state index in [1.807, 2.05) is 19.9 Å². The quantitative estimate of drug-likeness (QED) is 0.580. The Labute approximate surface area is 175 Å². The fraction of sp³-hybridized carbons (Fsp3) is 0.318. The Kier molecular flexibility index (Phi) is 8.68. The third-order valence-electron chi connectivity index (χ3n) is 3.97. The fourth-order valence-electron chi connectivity index (χ4n) is 2.47. The highest BCUT2D eigenvalue weighted by Gasteiger charge is 2.12. The first-order valence-electron chi connectivity index (χ1n) is 9.54. The molecular formula is C22H26N2O6. The molecule has 0 aliphatic carbocycles. The summed E-state index contributed by atoms with van der Waals surface area (Å²) in [6, 6.07) is 11.8. The van der Waals surface area contributed by atoms with Crippen molar-refractivity contribution in [1.82, 2.24) is 5.32 Å². The van der Waals surface area contributed by atoms with Crippen LogP contribution in [0.5, 0.6) is 11.5 Å². The first-order chi connectivity index (χ1) is 14.4. The van der Waals surface area contributed by atoms with Crippen molar-refractivity contribution in [3.63, 3.8) is 0 Å².